The Kier molecular flexibility index (Phi) is 2.77. The molecule has 1 atom stereocenters. The van der Waals surface area contributed by atoms with E-state index in [4.69, 9.17) is 0 Å². The fraction of sp³-hybridized carbons (Fsp3) is 0.533. The van der Waals surface area contributed by atoms with Gasteiger partial charge in [-0.3, -0.25) is 4.79 Å². The zero-order chi connectivity index (χ0) is 12.7. The van der Waals surface area contributed by atoms with Crippen LogP contribution in [-0.2, 0) is 11.2 Å². The van der Waals surface area contributed by atoms with Crippen LogP contribution in [0.25, 0.3) is 0 Å². The van der Waals surface area contributed by atoms with Crippen LogP contribution in [0.3, 0.4) is 0 Å². The Labute approximate surface area is 108 Å². The van der Waals surface area contributed by atoms with Crippen LogP contribution in [0.2, 0.25) is 0 Å². The fourth-order valence-corrected chi connectivity index (χ4v) is 3.12. The molecule has 0 saturated carbocycles. The van der Waals surface area contributed by atoms with Crippen molar-refractivity contribution in [1.82, 2.24) is 4.90 Å². The number of anilines is 1. The van der Waals surface area contributed by atoms with Gasteiger partial charge in [-0.05, 0) is 18.1 Å². The van der Waals surface area contributed by atoms with Gasteiger partial charge in [-0.25, -0.2) is 0 Å². The second-order valence-corrected chi connectivity index (χ2v) is 5.62. The van der Waals surface area contributed by atoms with E-state index in [0.29, 0.717) is 11.9 Å². The largest absolute Gasteiger partial charge is 0.367 e. The van der Waals surface area contributed by atoms with Gasteiger partial charge in [0.05, 0.1) is 6.04 Å². The van der Waals surface area contributed by atoms with Crippen molar-refractivity contribution in [2.75, 3.05) is 24.5 Å². The molecule has 2 bridgehead atoms. The number of nitrogens with zero attached hydrogens (tertiary/aromatic N) is 2. The van der Waals surface area contributed by atoms with Crippen molar-refractivity contribution < 1.29 is 4.79 Å². The van der Waals surface area contributed by atoms with Crippen molar-refractivity contribution in [2.24, 2.45) is 5.92 Å². The summed E-state index contributed by atoms with van der Waals surface area (Å²) in [6, 6.07) is 8.95. The van der Waals surface area contributed by atoms with Gasteiger partial charge in [0, 0.05) is 31.2 Å². The van der Waals surface area contributed by atoms with Crippen LogP contribution in [0.1, 0.15) is 19.4 Å². The van der Waals surface area contributed by atoms with Gasteiger partial charge >= 0.3 is 0 Å². The maximum absolute atomic E-state index is 12.2. The molecular weight excluding hydrogens is 224 g/mol. The number of carbonyl (C=O) groups excluding carboxylic acids is 1. The van der Waals surface area contributed by atoms with Gasteiger partial charge in [-0.15, -0.1) is 0 Å². The highest BCUT2D eigenvalue weighted by atomic mass is 16.2. The summed E-state index contributed by atoms with van der Waals surface area (Å²) in [5.74, 6) is 0.410. The van der Waals surface area contributed by atoms with E-state index < -0.39 is 0 Å². The Morgan fingerprint density at radius 3 is 2.83 bits per heavy atom. The Balaban J connectivity index is 1.88. The highest BCUT2D eigenvalue weighted by Crippen LogP contribution is 2.31. The molecule has 2 aliphatic rings. The molecule has 1 amide bonds. The highest BCUT2D eigenvalue weighted by Gasteiger charge is 2.35. The molecule has 1 aromatic rings. The molecule has 96 valence electrons. The summed E-state index contributed by atoms with van der Waals surface area (Å²) in [4.78, 5) is 16.7. The van der Waals surface area contributed by atoms with Crippen molar-refractivity contribution in [2.45, 2.75) is 26.3 Å². The first kappa shape index (κ1) is 11.6. The van der Waals surface area contributed by atoms with Crippen LogP contribution >= 0.6 is 0 Å². The predicted octanol–water partition coefficient (Wildman–Crippen LogP) is 1.92. The van der Waals surface area contributed by atoms with Crippen LogP contribution in [0.5, 0.6) is 0 Å². The Bertz CT molecular complexity index is 469. The summed E-state index contributed by atoms with van der Waals surface area (Å²) in [5, 5.41) is 0. The number of para-hydroxylation sites is 1. The van der Waals surface area contributed by atoms with Gasteiger partial charge in [0.25, 0.3) is 0 Å². The number of piperazine rings is 1. The molecule has 0 aliphatic carbocycles. The van der Waals surface area contributed by atoms with E-state index in [1.807, 2.05) is 13.8 Å². The van der Waals surface area contributed by atoms with Gasteiger partial charge in [-0.2, -0.15) is 0 Å². The zero-order valence-corrected chi connectivity index (χ0v) is 11.1. The van der Waals surface area contributed by atoms with E-state index >= 15 is 0 Å². The minimum Gasteiger partial charge on any atom is -0.367 e. The lowest BCUT2D eigenvalue weighted by molar-refractivity contribution is -0.137. The molecule has 0 spiro atoms. The summed E-state index contributed by atoms with van der Waals surface area (Å²) in [6.07, 6.45) is 1.01. The number of hydrogen-bond donors (Lipinski definition) is 0. The lowest BCUT2D eigenvalue weighted by Gasteiger charge is -2.47. The minimum absolute atomic E-state index is 0.105. The Morgan fingerprint density at radius 1 is 1.28 bits per heavy atom. The molecule has 2 aliphatic heterocycles. The number of fused-ring (bicyclic) bond motifs is 4. The van der Waals surface area contributed by atoms with Crippen molar-refractivity contribution in [1.29, 1.82) is 0 Å². The molecule has 0 aromatic heterocycles. The van der Waals surface area contributed by atoms with E-state index in [1.165, 1.54) is 11.3 Å². The van der Waals surface area contributed by atoms with Gasteiger partial charge < -0.3 is 9.80 Å². The standard InChI is InChI=1S/C15H20N2O/c1-11(2)15(18)17-8-7-16-10-13(17)9-12-5-3-4-6-14(12)16/h3-6,11,13H,7-10H2,1-2H3. The molecular formula is C15H20N2O. The summed E-state index contributed by atoms with van der Waals surface area (Å²) in [7, 11) is 0. The van der Waals surface area contributed by atoms with Gasteiger partial charge in [-0.1, -0.05) is 32.0 Å². The van der Waals surface area contributed by atoms with Crippen LogP contribution in [0.4, 0.5) is 5.69 Å². The summed E-state index contributed by atoms with van der Waals surface area (Å²) >= 11 is 0. The third-order valence-corrected chi connectivity index (χ3v) is 4.05. The van der Waals surface area contributed by atoms with Crippen LogP contribution in [-0.4, -0.2) is 36.5 Å². The van der Waals surface area contributed by atoms with Gasteiger partial charge in [0.15, 0.2) is 0 Å². The third kappa shape index (κ3) is 1.78. The number of carbonyl (C=O) groups is 1. The lowest BCUT2D eigenvalue weighted by Crippen LogP contribution is -2.59. The average molecular weight is 244 g/mol. The monoisotopic (exact) mass is 244 g/mol. The van der Waals surface area contributed by atoms with Gasteiger partial charge in [0.2, 0.25) is 5.91 Å². The molecule has 1 fully saturated rings. The van der Waals surface area contributed by atoms with E-state index in [-0.39, 0.29) is 5.92 Å². The highest BCUT2D eigenvalue weighted by molar-refractivity contribution is 5.79. The quantitative estimate of drug-likeness (QED) is 0.753. The predicted molar refractivity (Wildman–Crippen MR) is 72.7 cm³/mol. The second kappa shape index (κ2) is 4.30. The Hall–Kier alpha value is -1.51. The maximum Gasteiger partial charge on any atom is 0.225 e. The minimum atomic E-state index is 0.105. The average Bonchev–Trinajstić information content (AvgIpc) is 2.38. The first-order valence-corrected chi connectivity index (χ1v) is 6.80. The van der Waals surface area contributed by atoms with Crippen molar-refractivity contribution in [3.05, 3.63) is 29.8 Å². The smallest absolute Gasteiger partial charge is 0.225 e. The molecule has 3 nitrogen and oxygen atoms in total. The number of rotatable bonds is 1. The van der Waals surface area contributed by atoms with E-state index in [1.54, 1.807) is 0 Å². The SMILES string of the molecule is CC(C)C(=O)N1CCN2CC1Cc1ccccc12. The molecule has 0 radical (unpaired) electrons. The lowest BCUT2D eigenvalue weighted by atomic mass is 9.93. The topological polar surface area (TPSA) is 23.6 Å². The maximum atomic E-state index is 12.2. The second-order valence-electron chi connectivity index (χ2n) is 5.62. The molecule has 18 heavy (non-hydrogen) atoms. The first-order chi connectivity index (χ1) is 8.66. The van der Waals surface area contributed by atoms with E-state index in [2.05, 4.69) is 34.1 Å². The summed E-state index contributed by atoms with van der Waals surface area (Å²) < 4.78 is 0. The summed E-state index contributed by atoms with van der Waals surface area (Å²) in [6.45, 7) is 6.81. The zero-order valence-electron chi connectivity index (χ0n) is 11.1. The van der Waals surface area contributed by atoms with E-state index in [9.17, 15) is 4.79 Å². The van der Waals surface area contributed by atoms with Gasteiger partial charge in [0.1, 0.15) is 0 Å². The number of amides is 1. The van der Waals surface area contributed by atoms with Crippen molar-refractivity contribution in [3.63, 3.8) is 0 Å². The van der Waals surface area contributed by atoms with Crippen molar-refractivity contribution in [3.8, 4) is 0 Å². The summed E-state index contributed by atoms with van der Waals surface area (Å²) in [5.41, 5.74) is 2.75. The molecule has 3 rings (SSSR count). The normalized spacial score (nSPS) is 22.1. The van der Waals surface area contributed by atoms with Crippen LogP contribution in [0, 0.1) is 5.92 Å². The molecule has 0 N–H and O–H groups in total. The van der Waals surface area contributed by atoms with Crippen LogP contribution in [0.15, 0.2) is 24.3 Å². The molecule has 2 heterocycles. The molecule has 1 saturated heterocycles. The number of hydrogen-bond acceptors (Lipinski definition) is 2. The molecule has 3 heteroatoms. The number of benzene rings is 1. The molecule has 1 unspecified atom stereocenters. The van der Waals surface area contributed by atoms with E-state index in [0.717, 1.165) is 26.1 Å². The Morgan fingerprint density at radius 2 is 2.06 bits per heavy atom. The molecule has 1 aromatic carbocycles. The first-order valence-electron chi connectivity index (χ1n) is 6.80. The van der Waals surface area contributed by atoms with Crippen LogP contribution < -0.4 is 4.90 Å². The third-order valence-electron chi connectivity index (χ3n) is 4.05. The van der Waals surface area contributed by atoms with Crippen molar-refractivity contribution >= 4 is 11.6 Å². The fourth-order valence-electron chi connectivity index (χ4n) is 3.12.